The van der Waals surface area contributed by atoms with E-state index < -0.39 is 6.10 Å². The van der Waals surface area contributed by atoms with Crippen LogP contribution in [0, 0.1) is 0 Å². The zero-order chi connectivity index (χ0) is 27.9. The number of β-amino-alcohol motifs (C(OH)–C–C–N with tert-alkyl or cyclic N) is 1. The second-order valence-electron chi connectivity index (χ2n) is 10.1. The maximum absolute atomic E-state index is 10.9. The highest BCUT2D eigenvalue weighted by molar-refractivity contribution is 6.32. The van der Waals surface area contributed by atoms with Crippen molar-refractivity contribution >= 4 is 17.3 Å². The minimum Gasteiger partial charge on any atom is -0.495 e. The Hall–Kier alpha value is -3.01. The molecule has 0 aromatic heterocycles. The number of fused-ring (bicyclic) bond motifs is 1. The summed E-state index contributed by atoms with van der Waals surface area (Å²) in [4.78, 5) is 2.35. The first-order valence-electron chi connectivity index (χ1n) is 13.7. The molecule has 3 aromatic rings. The van der Waals surface area contributed by atoms with E-state index in [2.05, 4.69) is 22.3 Å². The fraction of sp³-hybridized carbons (Fsp3) is 0.419. The molecule has 8 nitrogen and oxygen atoms in total. The number of rotatable bonds is 11. The second-order valence-corrected chi connectivity index (χ2v) is 10.5. The highest BCUT2D eigenvalue weighted by Crippen LogP contribution is 2.35. The van der Waals surface area contributed by atoms with Crippen molar-refractivity contribution in [2.45, 2.75) is 31.2 Å². The Morgan fingerprint density at radius 2 is 1.85 bits per heavy atom. The largest absolute Gasteiger partial charge is 0.495 e. The lowest BCUT2D eigenvalue weighted by molar-refractivity contribution is -0.0328. The third kappa shape index (κ3) is 6.82. The predicted octanol–water partition coefficient (Wildman–Crippen LogP) is 5.01. The third-order valence-corrected chi connectivity index (χ3v) is 7.66. The van der Waals surface area contributed by atoms with Crippen LogP contribution in [0.5, 0.6) is 23.0 Å². The normalized spacial score (nSPS) is 20.5. The van der Waals surface area contributed by atoms with Gasteiger partial charge in [0, 0.05) is 45.3 Å². The van der Waals surface area contributed by atoms with Crippen LogP contribution in [0.2, 0.25) is 5.02 Å². The number of piperidine rings is 1. The Morgan fingerprint density at radius 1 is 1.02 bits per heavy atom. The van der Waals surface area contributed by atoms with E-state index in [0.717, 1.165) is 48.7 Å². The maximum atomic E-state index is 10.9. The van der Waals surface area contributed by atoms with E-state index in [0.29, 0.717) is 48.6 Å². The first-order chi connectivity index (χ1) is 19.6. The highest BCUT2D eigenvalue weighted by Gasteiger charge is 2.34. The van der Waals surface area contributed by atoms with Crippen molar-refractivity contribution in [2.24, 2.45) is 0 Å². The average molecular weight is 569 g/mol. The van der Waals surface area contributed by atoms with Crippen molar-refractivity contribution in [2.75, 3.05) is 58.5 Å². The van der Waals surface area contributed by atoms with Gasteiger partial charge < -0.3 is 39.0 Å². The number of aliphatic hydroxyl groups is 1. The molecule has 0 bridgehead atoms. The third-order valence-electron chi connectivity index (χ3n) is 7.36. The number of aliphatic hydroxyl groups excluding tert-OH is 1. The summed E-state index contributed by atoms with van der Waals surface area (Å²) < 4.78 is 28.7. The molecule has 9 heteroatoms. The molecule has 2 heterocycles. The molecule has 0 spiro atoms. The molecule has 0 aliphatic carbocycles. The van der Waals surface area contributed by atoms with Gasteiger partial charge in [0.15, 0.2) is 0 Å². The molecule has 3 atom stereocenters. The Kier molecular flexibility index (Phi) is 9.67. The van der Waals surface area contributed by atoms with Gasteiger partial charge in [-0.05, 0) is 53.9 Å². The summed E-state index contributed by atoms with van der Waals surface area (Å²) in [6, 6.07) is 19.3. The molecule has 3 aromatic carbocycles. The molecule has 2 N–H and O–H groups in total. The molecule has 0 radical (unpaired) electrons. The number of nitrogens with zero attached hydrogens (tertiary/aromatic N) is 1. The zero-order valence-electron chi connectivity index (χ0n) is 23.0. The number of hydrogen-bond acceptors (Lipinski definition) is 8. The summed E-state index contributed by atoms with van der Waals surface area (Å²) in [5, 5.41) is 14.7. The molecule has 0 amide bonds. The topological polar surface area (TPSA) is 81.7 Å². The van der Waals surface area contributed by atoms with Crippen molar-refractivity contribution in [3.8, 4) is 23.0 Å². The highest BCUT2D eigenvalue weighted by atomic mass is 35.5. The summed E-state index contributed by atoms with van der Waals surface area (Å²) in [7, 11) is 3.31. The minimum absolute atomic E-state index is 0.169. The van der Waals surface area contributed by atoms with Crippen LogP contribution >= 0.6 is 11.6 Å². The molecule has 1 saturated heterocycles. The van der Waals surface area contributed by atoms with Crippen LogP contribution in [0.15, 0.2) is 60.7 Å². The molecule has 1 fully saturated rings. The van der Waals surface area contributed by atoms with Gasteiger partial charge in [-0.15, -0.1) is 0 Å². The lowest BCUT2D eigenvalue weighted by Gasteiger charge is -2.36. The monoisotopic (exact) mass is 568 g/mol. The standard InChI is InChI=1S/C31H37ClN2O6/c1-36-14-3-12-34-13-15-38-29-10-4-21(16-26(29)34)20-39-30-19-33-18-27(35)31(30)22-5-7-23(8-6-22)40-24-9-11-28(37-2)25(32)17-24/h4-11,16-17,27,30-31,33,35H,3,12-15,18-20H2,1-2H3. The lowest BCUT2D eigenvalue weighted by atomic mass is 9.85. The minimum atomic E-state index is -0.570. The van der Waals surface area contributed by atoms with E-state index in [-0.39, 0.29) is 12.0 Å². The van der Waals surface area contributed by atoms with Crippen molar-refractivity contribution in [1.29, 1.82) is 0 Å². The van der Waals surface area contributed by atoms with E-state index in [1.54, 1.807) is 26.4 Å². The smallest absolute Gasteiger partial charge is 0.142 e. The Bertz CT molecular complexity index is 1260. The van der Waals surface area contributed by atoms with Crippen molar-refractivity contribution in [1.82, 2.24) is 5.32 Å². The van der Waals surface area contributed by atoms with Crippen molar-refractivity contribution < 1.29 is 28.8 Å². The molecule has 2 aliphatic heterocycles. The molecule has 5 rings (SSSR count). The summed E-state index contributed by atoms with van der Waals surface area (Å²) in [5.74, 6) is 2.63. The van der Waals surface area contributed by atoms with Gasteiger partial charge in [0.2, 0.25) is 0 Å². The van der Waals surface area contributed by atoms with Crippen LogP contribution < -0.4 is 24.4 Å². The average Bonchev–Trinajstić information content (AvgIpc) is 2.97. The van der Waals surface area contributed by atoms with E-state index >= 15 is 0 Å². The van der Waals surface area contributed by atoms with Gasteiger partial charge in [0.25, 0.3) is 0 Å². The number of ether oxygens (including phenoxy) is 5. The van der Waals surface area contributed by atoms with Crippen LogP contribution in [-0.4, -0.2) is 70.9 Å². The maximum Gasteiger partial charge on any atom is 0.142 e. The summed E-state index contributed by atoms with van der Waals surface area (Å²) in [6.45, 7) is 4.79. The Labute approximate surface area is 240 Å². The molecule has 2 aliphatic rings. The fourth-order valence-corrected chi connectivity index (χ4v) is 5.57. The van der Waals surface area contributed by atoms with Gasteiger partial charge in [-0.25, -0.2) is 0 Å². The fourth-order valence-electron chi connectivity index (χ4n) is 5.32. The first-order valence-corrected chi connectivity index (χ1v) is 14.0. The zero-order valence-corrected chi connectivity index (χ0v) is 23.7. The van der Waals surface area contributed by atoms with Crippen LogP contribution in [0.4, 0.5) is 5.69 Å². The van der Waals surface area contributed by atoms with E-state index in [1.165, 1.54) is 0 Å². The SMILES string of the molecule is COCCCN1CCOc2ccc(COC3CNCC(O)C3c3ccc(Oc4ccc(OC)c(Cl)c4)cc3)cc21. The number of nitrogens with one attached hydrogen (secondary N) is 1. The van der Waals surface area contributed by atoms with Crippen LogP contribution in [0.25, 0.3) is 0 Å². The molecular weight excluding hydrogens is 532 g/mol. The number of hydrogen-bond donors (Lipinski definition) is 2. The number of benzene rings is 3. The lowest BCUT2D eigenvalue weighted by Crippen LogP contribution is -2.49. The first kappa shape index (κ1) is 28.5. The number of halogens is 1. The van der Waals surface area contributed by atoms with Gasteiger partial charge >= 0.3 is 0 Å². The second kappa shape index (κ2) is 13.6. The van der Waals surface area contributed by atoms with Gasteiger partial charge in [-0.3, -0.25) is 0 Å². The predicted molar refractivity (Wildman–Crippen MR) is 155 cm³/mol. The van der Waals surface area contributed by atoms with Gasteiger partial charge in [0.1, 0.15) is 29.6 Å². The van der Waals surface area contributed by atoms with Crippen LogP contribution in [-0.2, 0) is 16.1 Å². The van der Waals surface area contributed by atoms with Gasteiger partial charge in [-0.2, -0.15) is 0 Å². The number of methoxy groups -OCH3 is 2. The van der Waals surface area contributed by atoms with E-state index in [1.807, 2.05) is 36.4 Å². The molecule has 214 valence electrons. The summed E-state index contributed by atoms with van der Waals surface area (Å²) in [6.07, 6.45) is 0.196. The van der Waals surface area contributed by atoms with Crippen LogP contribution in [0.1, 0.15) is 23.5 Å². The van der Waals surface area contributed by atoms with Crippen molar-refractivity contribution in [3.05, 3.63) is 76.8 Å². The number of anilines is 1. The Morgan fingerprint density at radius 3 is 2.62 bits per heavy atom. The van der Waals surface area contributed by atoms with Gasteiger partial charge in [0.05, 0.1) is 43.2 Å². The molecular formula is C31H37ClN2O6. The Balaban J connectivity index is 1.25. The van der Waals surface area contributed by atoms with Gasteiger partial charge in [-0.1, -0.05) is 29.8 Å². The van der Waals surface area contributed by atoms with E-state index in [9.17, 15) is 5.11 Å². The van der Waals surface area contributed by atoms with Crippen LogP contribution in [0.3, 0.4) is 0 Å². The summed E-state index contributed by atoms with van der Waals surface area (Å²) in [5.41, 5.74) is 3.17. The van der Waals surface area contributed by atoms with Crippen molar-refractivity contribution in [3.63, 3.8) is 0 Å². The molecule has 40 heavy (non-hydrogen) atoms. The quantitative estimate of drug-likeness (QED) is 0.313. The summed E-state index contributed by atoms with van der Waals surface area (Å²) >= 11 is 6.23. The molecule has 0 saturated carbocycles. The molecule has 3 unspecified atom stereocenters. The van der Waals surface area contributed by atoms with E-state index in [4.69, 9.17) is 35.3 Å².